The Balaban J connectivity index is 3.10. The molecule has 0 spiro atoms. The third-order valence-electron chi connectivity index (χ3n) is 2.66. The molecule has 4 heteroatoms. The van der Waals surface area contributed by atoms with Crippen LogP contribution in [0, 0.1) is 0 Å². The van der Waals surface area contributed by atoms with Crippen LogP contribution in [0.3, 0.4) is 0 Å². The molecule has 0 aromatic carbocycles. The summed E-state index contributed by atoms with van der Waals surface area (Å²) >= 11 is 0. The van der Waals surface area contributed by atoms with Crippen molar-refractivity contribution >= 4 is 0 Å². The minimum Gasteiger partial charge on any atom is -0.389 e. The van der Waals surface area contributed by atoms with Gasteiger partial charge >= 0.3 is 0 Å². The maximum Gasteiger partial charge on any atom is 0.246 e. The van der Waals surface area contributed by atoms with Crippen LogP contribution in [-0.2, 0) is 0 Å². The van der Waals surface area contributed by atoms with Crippen molar-refractivity contribution in [3.8, 4) is 0 Å². The second kappa shape index (κ2) is 10.0. The van der Waals surface area contributed by atoms with Crippen LogP contribution in [0.5, 0.6) is 0 Å². The molecule has 98 valence electrons. The van der Waals surface area contributed by atoms with Crippen molar-refractivity contribution in [1.82, 2.24) is 5.32 Å². The summed E-state index contributed by atoms with van der Waals surface area (Å²) in [5.41, 5.74) is 0. The van der Waals surface area contributed by atoms with E-state index in [2.05, 4.69) is 12.2 Å². The van der Waals surface area contributed by atoms with E-state index in [0.717, 1.165) is 12.8 Å². The zero-order valence-corrected chi connectivity index (χ0v) is 10.4. The molecule has 0 saturated heterocycles. The zero-order valence-electron chi connectivity index (χ0n) is 10.4. The molecular weight excluding hydrogens is 206 g/mol. The molecule has 0 amide bonds. The molecule has 0 aromatic heterocycles. The van der Waals surface area contributed by atoms with Crippen molar-refractivity contribution in [2.45, 2.75) is 64.2 Å². The van der Waals surface area contributed by atoms with Gasteiger partial charge in [0.15, 0.2) is 0 Å². The quantitative estimate of drug-likeness (QED) is 0.321. The minimum atomic E-state index is -2.11. The maximum atomic E-state index is 9.02. The molecule has 0 heterocycles. The van der Waals surface area contributed by atoms with Crippen molar-refractivity contribution in [3.05, 3.63) is 0 Å². The zero-order chi connectivity index (χ0) is 12.3. The normalized spacial score (nSPS) is 12.0. The Bertz CT molecular complexity index is 151. The van der Waals surface area contributed by atoms with E-state index in [4.69, 9.17) is 15.3 Å². The monoisotopic (exact) mass is 233 g/mol. The van der Waals surface area contributed by atoms with Crippen LogP contribution in [0.2, 0.25) is 0 Å². The number of aliphatic hydroxyl groups is 3. The van der Waals surface area contributed by atoms with Gasteiger partial charge in [-0.15, -0.1) is 0 Å². The van der Waals surface area contributed by atoms with E-state index in [0.29, 0.717) is 6.54 Å². The maximum absolute atomic E-state index is 9.02. The number of hydrogen-bond acceptors (Lipinski definition) is 4. The molecule has 0 fully saturated rings. The summed E-state index contributed by atoms with van der Waals surface area (Å²) in [5, 5.41) is 29.1. The van der Waals surface area contributed by atoms with E-state index in [9.17, 15) is 0 Å². The van der Waals surface area contributed by atoms with Crippen molar-refractivity contribution in [2.75, 3.05) is 13.2 Å². The summed E-state index contributed by atoms with van der Waals surface area (Å²) in [6, 6.07) is 0. The SMILES string of the molecule is CCCCCCCCCCNC(O)(O)CO. The summed E-state index contributed by atoms with van der Waals surface area (Å²) < 4.78 is 0. The highest BCUT2D eigenvalue weighted by Gasteiger charge is 2.19. The highest BCUT2D eigenvalue weighted by molar-refractivity contribution is 4.59. The Hall–Kier alpha value is -0.160. The molecule has 0 aliphatic heterocycles. The first-order valence-corrected chi connectivity index (χ1v) is 6.43. The average molecular weight is 233 g/mol. The molecule has 16 heavy (non-hydrogen) atoms. The first-order valence-electron chi connectivity index (χ1n) is 6.43. The standard InChI is InChI=1S/C12H27NO3/c1-2-3-4-5-6-7-8-9-10-13-12(15,16)11-14/h13-16H,2-11H2,1H3. The summed E-state index contributed by atoms with van der Waals surface area (Å²) in [4.78, 5) is 0. The molecule has 0 aromatic rings. The first-order chi connectivity index (χ1) is 7.62. The summed E-state index contributed by atoms with van der Waals surface area (Å²) in [5.74, 6) is -2.11. The van der Waals surface area contributed by atoms with E-state index in [1.54, 1.807) is 0 Å². The van der Waals surface area contributed by atoms with Gasteiger partial charge in [0.1, 0.15) is 6.61 Å². The van der Waals surface area contributed by atoms with Crippen LogP contribution in [0.15, 0.2) is 0 Å². The van der Waals surface area contributed by atoms with Gasteiger partial charge in [0.2, 0.25) is 5.91 Å². The number of hydrogen-bond donors (Lipinski definition) is 4. The van der Waals surface area contributed by atoms with Gasteiger partial charge in [-0.2, -0.15) is 0 Å². The van der Waals surface area contributed by atoms with E-state index >= 15 is 0 Å². The second-order valence-electron chi connectivity index (χ2n) is 4.38. The lowest BCUT2D eigenvalue weighted by Crippen LogP contribution is -2.48. The Morgan fingerprint density at radius 2 is 1.38 bits per heavy atom. The summed E-state index contributed by atoms with van der Waals surface area (Å²) in [7, 11) is 0. The number of unbranched alkanes of at least 4 members (excludes halogenated alkanes) is 7. The van der Waals surface area contributed by atoms with Gasteiger partial charge < -0.3 is 15.3 Å². The van der Waals surface area contributed by atoms with E-state index < -0.39 is 12.5 Å². The van der Waals surface area contributed by atoms with Crippen LogP contribution < -0.4 is 5.32 Å². The molecule has 0 unspecified atom stereocenters. The van der Waals surface area contributed by atoms with E-state index in [-0.39, 0.29) is 0 Å². The lowest BCUT2D eigenvalue weighted by Gasteiger charge is -2.19. The number of rotatable bonds is 11. The topological polar surface area (TPSA) is 72.7 Å². The van der Waals surface area contributed by atoms with E-state index in [1.165, 1.54) is 38.5 Å². The number of nitrogens with one attached hydrogen (secondary N) is 1. The summed E-state index contributed by atoms with van der Waals surface area (Å²) in [6.07, 6.45) is 9.72. The van der Waals surface area contributed by atoms with Crippen molar-refractivity contribution in [3.63, 3.8) is 0 Å². The van der Waals surface area contributed by atoms with Crippen LogP contribution in [0.1, 0.15) is 58.3 Å². The highest BCUT2D eigenvalue weighted by Crippen LogP contribution is 2.08. The minimum absolute atomic E-state index is 0.530. The van der Waals surface area contributed by atoms with Gasteiger partial charge in [0.25, 0.3) is 0 Å². The Kier molecular flexibility index (Phi) is 9.92. The van der Waals surface area contributed by atoms with E-state index in [1.807, 2.05) is 0 Å². The fourth-order valence-corrected chi connectivity index (χ4v) is 1.60. The lowest BCUT2D eigenvalue weighted by atomic mass is 10.1. The van der Waals surface area contributed by atoms with Gasteiger partial charge in [-0.05, 0) is 6.42 Å². The summed E-state index contributed by atoms with van der Waals surface area (Å²) in [6.45, 7) is 2.06. The first kappa shape index (κ1) is 15.8. The van der Waals surface area contributed by atoms with Gasteiger partial charge in [0.05, 0.1) is 0 Å². The Labute approximate surface area is 98.7 Å². The van der Waals surface area contributed by atoms with Crippen LogP contribution in [-0.4, -0.2) is 34.4 Å². The van der Waals surface area contributed by atoms with Crippen LogP contribution >= 0.6 is 0 Å². The molecule has 4 N–H and O–H groups in total. The predicted molar refractivity (Wildman–Crippen MR) is 64.9 cm³/mol. The largest absolute Gasteiger partial charge is 0.389 e. The molecule has 0 atom stereocenters. The predicted octanol–water partition coefficient (Wildman–Crippen LogP) is 1.35. The average Bonchev–Trinajstić information content (AvgIpc) is 2.27. The fourth-order valence-electron chi connectivity index (χ4n) is 1.60. The molecule has 0 saturated carbocycles. The molecule has 0 bridgehead atoms. The highest BCUT2D eigenvalue weighted by atomic mass is 16.5. The smallest absolute Gasteiger partial charge is 0.246 e. The molecule has 0 aliphatic rings. The fraction of sp³-hybridized carbons (Fsp3) is 1.00. The van der Waals surface area contributed by atoms with Gasteiger partial charge in [-0.25, -0.2) is 0 Å². The van der Waals surface area contributed by atoms with Crippen LogP contribution in [0.4, 0.5) is 0 Å². The molecule has 0 aliphatic carbocycles. The van der Waals surface area contributed by atoms with Gasteiger partial charge in [-0.1, -0.05) is 51.9 Å². The van der Waals surface area contributed by atoms with Gasteiger partial charge in [0, 0.05) is 6.54 Å². The molecule has 0 rings (SSSR count). The molecular formula is C12H27NO3. The van der Waals surface area contributed by atoms with Crippen LogP contribution in [0.25, 0.3) is 0 Å². The number of aliphatic hydroxyl groups excluding tert-OH is 1. The molecule has 4 nitrogen and oxygen atoms in total. The Morgan fingerprint density at radius 3 is 1.88 bits per heavy atom. The van der Waals surface area contributed by atoms with Crippen molar-refractivity contribution in [2.24, 2.45) is 0 Å². The van der Waals surface area contributed by atoms with Crippen molar-refractivity contribution < 1.29 is 15.3 Å². The third-order valence-corrected chi connectivity index (χ3v) is 2.66. The molecule has 0 radical (unpaired) electrons. The Morgan fingerprint density at radius 1 is 0.875 bits per heavy atom. The second-order valence-corrected chi connectivity index (χ2v) is 4.38. The lowest BCUT2D eigenvalue weighted by molar-refractivity contribution is -0.208. The van der Waals surface area contributed by atoms with Crippen molar-refractivity contribution in [1.29, 1.82) is 0 Å². The van der Waals surface area contributed by atoms with Gasteiger partial charge in [-0.3, -0.25) is 5.32 Å². The third kappa shape index (κ3) is 10.4.